The minimum Gasteiger partial charge on any atom is -0.325 e. The number of nitrogens with two attached hydrogens (primary N) is 1. The summed E-state index contributed by atoms with van der Waals surface area (Å²) in [5.41, 5.74) is 12.3. The molecule has 3 rings (SSSR count). The van der Waals surface area contributed by atoms with Crippen LogP contribution in [-0.4, -0.2) is 9.38 Å². The Balaban J connectivity index is 2.30. The van der Waals surface area contributed by atoms with Crippen LogP contribution in [0, 0.1) is 13.8 Å². The van der Waals surface area contributed by atoms with Crippen LogP contribution in [0.15, 0.2) is 36.5 Å². The highest BCUT2D eigenvalue weighted by Gasteiger charge is 2.14. The van der Waals surface area contributed by atoms with Crippen molar-refractivity contribution in [3.05, 3.63) is 58.4 Å². The van der Waals surface area contributed by atoms with Gasteiger partial charge in [-0.3, -0.25) is 0 Å². The van der Waals surface area contributed by atoms with Gasteiger partial charge in [0.15, 0.2) is 0 Å². The summed E-state index contributed by atoms with van der Waals surface area (Å²) in [5, 5.41) is 0.678. The summed E-state index contributed by atoms with van der Waals surface area (Å²) in [6.45, 7) is 4.61. The highest BCUT2D eigenvalue weighted by atomic mass is 35.5. The zero-order valence-electron chi connectivity index (χ0n) is 11.5. The van der Waals surface area contributed by atoms with Crippen LogP contribution >= 0.6 is 11.6 Å². The number of fused-ring (bicyclic) bond motifs is 1. The number of benzene rings is 1. The number of rotatable bonds is 2. The highest BCUT2D eigenvalue weighted by molar-refractivity contribution is 6.30. The van der Waals surface area contributed by atoms with Crippen molar-refractivity contribution in [1.82, 2.24) is 9.38 Å². The van der Waals surface area contributed by atoms with Gasteiger partial charge in [0.25, 0.3) is 0 Å². The van der Waals surface area contributed by atoms with Crippen LogP contribution in [0.25, 0.3) is 16.9 Å². The molecule has 3 aromatic rings. The number of hydrogen-bond donors (Lipinski definition) is 1. The molecule has 0 atom stereocenters. The average Bonchev–Trinajstić information content (AvgIpc) is 2.76. The number of aromatic nitrogens is 2. The zero-order chi connectivity index (χ0) is 14.3. The molecule has 2 heterocycles. The Morgan fingerprint density at radius 2 is 2.00 bits per heavy atom. The molecule has 0 saturated heterocycles. The molecule has 0 radical (unpaired) electrons. The van der Waals surface area contributed by atoms with Gasteiger partial charge >= 0.3 is 0 Å². The van der Waals surface area contributed by atoms with Gasteiger partial charge < -0.3 is 10.1 Å². The molecule has 3 nitrogen and oxygen atoms in total. The number of aryl methyl sites for hydroxylation is 2. The molecule has 20 heavy (non-hydrogen) atoms. The maximum Gasteiger partial charge on any atom is 0.137 e. The van der Waals surface area contributed by atoms with Crippen LogP contribution in [0.1, 0.15) is 16.8 Å². The van der Waals surface area contributed by atoms with Gasteiger partial charge in [-0.1, -0.05) is 35.4 Å². The lowest BCUT2D eigenvalue weighted by Gasteiger charge is -2.06. The fourth-order valence-electron chi connectivity index (χ4n) is 2.56. The summed E-state index contributed by atoms with van der Waals surface area (Å²) in [4.78, 5) is 4.71. The summed E-state index contributed by atoms with van der Waals surface area (Å²) in [6, 6.07) is 10.1. The Morgan fingerprint density at radius 3 is 2.70 bits per heavy atom. The molecule has 0 fully saturated rings. The van der Waals surface area contributed by atoms with Gasteiger partial charge in [0, 0.05) is 18.3 Å². The van der Waals surface area contributed by atoms with Gasteiger partial charge in [0.1, 0.15) is 5.65 Å². The monoisotopic (exact) mass is 285 g/mol. The second-order valence-electron chi connectivity index (χ2n) is 5.01. The number of nitrogens with zero attached hydrogens (tertiary/aromatic N) is 2. The van der Waals surface area contributed by atoms with E-state index in [4.69, 9.17) is 22.3 Å². The van der Waals surface area contributed by atoms with Crippen molar-refractivity contribution in [3.8, 4) is 11.3 Å². The van der Waals surface area contributed by atoms with Crippen molar-refractivity contribution in [2.75, 3.05) is 0 Å². The van der Waals surface area contributed by atoms with Gasteiger partial charge in [-0.05, 0) is 31.5 Å². The third kappa shape index (κ3) is 2.09. The number of imidazole rings is 1. The normalized spacial score (nSPS) is 11.2. The molecular weight excluding hydrogens is 270 g/mol. The van der Waals surface area contributed by atoms with E-state index < -0.39 is 0 Å². The first-order valence-electron chi connectivity index (χ1n) is 6.54. The van der Waals surface area contributed by atoms with E-state index in [1.807, 2.05) is 22.7 Å². The standard InChI is InChI=1S/C16H16ClN3/c1-10-3-5-13(11(2)7-10)16-14(8-18)20-9-12(17)4-6-15(20)19-16/h3-7,9H,8,18H2,1-2H3. The lowest BCUT2D eigenvalue weighted by molar-refractivity contribution is 0.961. The molecule has 102 valence electrons. The van der Waals surface area contributed by atoms with E-state index in [0.717, 1.165) is 22.6 Å². The van der Waals surface area contributed by atoms with Gasteiger partial charge in [0.05, 0.1) is 16.4 Å². The van der Waals surface area contributed by atoms with E-state index in [9.17, 15) is 0 Å². The first-order chi connectivity index (χ1) is 9.60. The summed E-state index contributed by atoms with van der Waals surface area (Å²) in [6.07, 6.45) is 1.86. The van der Waals surface area contributed by atoms with E-state index >= 15 is 0 Å². The van der Waals surface area contributed by atoms with Crippen molar-refractivity contribution < 1.29 is 0 Å². The molecule has 0 unspecified atom stereocenters. The first-order valence-corrected chi connectivity index (χ1v) is 6.92. The quantitative estimate of drug-likeness (QED) is 0.779. The van der Waals surface area contributed by atoms with Gasteiger partial charge in [-0.2, -0.15) is 0 Å². The van der Waals surface area contributed by atoms with Crippen LogP contribution in [0.5, 0.6) is 0 Å². The Morgan fingerprint density at radius 1 is 1.20 bits per heavy atom. The molecule has 4 heteroatoms. The summed E-state index contributed by atoms with van der Waals surface area (Å²) in [5.74, 6) is 0. The third-order valence-electron chi connectivity index (χ3n) is 3.51. The second-order valence-corrected chi connectivity index (χ2v) is 5.44. The number of halogens is 1. The summed E-state index contributed by atoms with van der Waals surface area (Å²) in [7, 11) is 0. The van der Waals surface area contributed by atoms with Gasteiger partial charge in [-0.15, -0.1) is 0 Å². The van der Waals surface area contributed by atoms with Crippen molar-refractivity contribution >= 4 is 17.2 Å². The van der Waals surface area contributed by atoms with Crippen molar-refractivity contribution in [2.24, 2.45) is 5.73 Å². The Bertz CT molecular complexity index is 790. The maximum absolute atomic E-state index is 6.07. The summed E-state index contributed by atoms with van der Waals surface area (Å²) < 4.78 is 1.97. The average molecular weight is 286 g/mol. The molecule has 0 aliphatic rings. The van der Waals surface area contributed by atoms with Crippen LogP contribution < -0.4 is 5.73 Å². The molecule has 0 amide bonds. The van der Waals surface area contributed by atoms with E-state index in [1.165, 1.54) is 11.1 Å². The topological polar surface area (TPSA) is 43.3 Å². The lowest BCUT2D eigenvalue weighted by Crippen LogP contribution is -2.03. The van der Waals surface area contributed by atoms with Crippen molar-refractivity contribution in [1.29, 1.82) is 0 Å². The molecule has 1 aromatic carbocycles. The Kier molecular flexibility index (Phi) is 3.24. The van der Waals surface area contributed by atoms with Crippen LogP contribution in [0.3, 0.4) is 0 Å². The zero-order valence-corrected chi connectivity index (χ0v) is 12.3. The Labute approximate surface area is 123 Å². The largest absolute Gasteiger partial charge is 0.325 e. The van der Waals surface area contributed by atoms with Crippen LogP contribution in [-0.2, 0) is 6.54 Å². The van der Waals surface area contributed by atoms with E-state index in [2.05, 4.69) is 32.0 Å². The lowest BCUT2D eigenvalue weighted by atomic mass is 10.0. The molecule has 2 N–H and O–H groups in total. The fraction of sp³-hybridized carbons (Fsp3) is 0.188. The predicted octanol–water partition coefficient (Wildman–Crippen LogP) is 3.73. The molecule has 0 spiro atoms. The number of hydrogen-bond acceptors (Lipinski definition) is 2. The van der Waals surface area contributed by atoms with Gasteiger partial charge in [0.2, 0.25) is 0 Å². The van der Waals surface area contributed by atoms with Crippen LogP contribution in [0.4, 0.5) is 0 Å². The van der Waals surface area contributed by atoms with E-state index in [-0.39, 0.29) is 0 Å². The van der Waals surface area contributed by atoms with Crippen molar-refractivity contribution in [2.45, 2.75) is 20.4 Å². The molecule has 0 aliphatic carbocycles. The molecular formula is C16H16ClN3. The Hall–Kier alpha value is -1.84. The SMILES string of the molecule is Cc1ccc(-c2nc3ccc(Cl)cn3c2CN)c(C)c1. The third-order valence-corrected chi connectivity index (χ3v) is 3.74. The second kappa shape index (κ2) is 4.93. The van der Waals surface area contributed by atoms with Crippen molar-refractivity contribution in [3.63, 3.8) is 0 Å². The minimum atomic E-state index is 0.421. The maximum atomic E-state index is 6.07. The molecule has 2 aromatic heterocycles. The smallest absolute Gasteiger partial charge is 0.137 e. The molecule has 0 bridgehead atoms. The van der Waals surface area contributed by atoms with Gasteiger partial charge in [-0.25, -0.2) is 4.98 Å². The van der Waals surface area contributed by atoms with Crippen LogP contribution in [0.2, 0.25) is 5.02 Å². The highest BCUT2D eigenvalue weighted by Crippen LogP contribution is 2.28. The fourth-order valence-corrected chi connectivity index (χ4v) is 2.72. The first kappa shape index (κ1) is 13.2. The minimum absolute atomic E-state index is 0.421. The molecule has 0 aliphatic heterocycles. The predicted molar refractivity (Wildman–Crippen MR) is 83.0 cm³/mol. The number of pyridine rings is 1. The summed E-state index contributed by atoms with van der Waals surface area (Å²) >= 11 is 6.07. The van der Waals surface area contributed by atoms with E-state index in [0.29, 0.717) is 11.6 Å². The molecule has 0 saturated carbocycles. The van der Waals surface area contributed by atoms with E-state index in [1.54, 1.807) is 0 Å².